The van der Waals surface area contributed by atoms with Crippen molar-refractivity contribution in [2.75, 3.05) is 6.54 Å². The summed E-state index contributed by atoms with van der Waals surface area (Å²) in [5.74, 6) is 0.943. The van der Waals surface area contributed by atoms with Crippen molar-refractivity contribution in [3.05, 3.63) is 29.6 Å². The summed E-state index contributed by atoms with van der Waals surface area (Å²) in [5, 5.41) is 5.83. The molecule has 0 radical (unpaired) electrons. The van der Waals surface area contributed by atoms with Crippen LogP contribution < -0.4 is 10.6 Å². The summed E-state index contributed by atoms with van der Waals surface area (Å²) in [7, 11) is 0. The van der Waals surface area contributed by atoms with Crippen molar-refractivity contribution in [1.29, 1.82) is 0 Å². The largest absolute Gasteiger partial charge is 0.340 e. The summed E-state index contributed by atoms with van der Waals surface area (Å²) in [4.78, 5) is 20.3. The van der Waals surface area contributed by atoms with Gasteiger partial charge in [0.05, 0.1) is 0 Å². The highest BCUT2D eigenvalue weighted by molar-refractivity contribution is 6.06. The van der Waals surface area contributed by atoms with Crippen molar-refractivity contribution < 1.29 is 4.79 Å². The van der Waals surface area contributed by atoms with E-state index in [2.05, 4.69) is 34.5 Å². The number of hydrogen-bond donors (Lipinski definition) is 2. The molecule has 18 heavy (non-hydrogen) atoms. The number of aromatic nitrogens is 1. The zero-order valence-corrected chi connectivity index (χ0v) is 10.9. The van der Waals surface area contributed by atoms with Gasteiger partial charge in [-0.2, -0.15) is 0 Å². The van der Waals surface area contributed by atoms with E-state index in [4.69, 9.17) is 0 Å². The second-order valence-corrected chi connectivity index (χ2v) is 4.88. The van der Waals surface area contributed by atoms with Crippen LogP contribution in [0, 0.1) is 12.8 Å². The lowest BCUT2D eigenvalue weighted by Gasteiger charge is -2.07. The molecule has 2 heterocycles. The Hall–Kier alpha value is -1.91. The quantitative estimate of drug-likeness (QED) is 0.841. The third-order valence-electron chi connectivity index (χ3n) is 2.67. The normalized spacial score (nSPS) is 21.2. The topological polar surface area (TPSA) is 66.4 Å². The summed E-state index contributed by atoms with van der Waals surface area (Å²) >= 11 is 0. The molecule has 1 saturated heterocycles. The smallest absolute Gasteiger partial charge is 0.253 e. The van der Waals surface area contributed by atoms with Crippen LogP contribution >= 0.6 is 0 Å². The highest BCUT2D eigenvalue weighted by Gasteiger charge is 2.29. The van der Waals surface area contributed by atoms with Crippen LogP contribution in [0.1, 0.15) is 31.1 Å². The Labute approximate surface area is 107 Å². The van der Waals surface area contributed by atoms with Crippen molar-refractivity contribution in [2.45, 2.75) is 26.8 Å². The number of nitrogens with one attached hydrogen (secondary N) is 2. The summed E-state index contributed by atoms with van der Waals surface area (Å²) < 4.78 is 0. The third kappa shape index (κ3) is 2.85. The van der Waals surface area contributed by atoms with Crippen molar-refractivity contribution in [3.63, 3.8) is 0 Å². The predicted molar refractivity (Wildman–Crippen MR) is 70.1 cm³/mol. The summed E-state index contributed by atoms with van der Waals surface area (Å²) in [5.41, 5.74) is 1.79. The molecule has 2 N–H and O–H groups in total. The lowest BCUT2D eigenvalue weighted by atomic mass is 10.1. The van der Waals surface area contributed by atoms with Crippen LogP contribution in [0.2, 0.25) is 0 Å². The molecule has 1 aliphatic rings. The lowest BCUT2D eigenvalue weighted by Crippen LogP contribution is -2.26. The third-order valence-corrected chi connectivity index (χ3v) is 2.67. The van der Waals surface area contributed by atoms with Crippen molar-refractivity contribution in [3.8, 4) is 0 Å². The van der Waals surface area contributed by atoms with Crippen molar-refractivity contribution in [2.24, 2.45) is 10.9 Å². The lowest BCUT2D eigenvalue weighted by molar-refractivity contribution is -0.120. The molecular formula is C13H18N4O. The summed E-state index contributed by atoms with van der Waals surface area (Å²) in [6.07, 6.45) is 1.72. The van der Waals surface area contributed by atoms with Gasteiger partial charge in [0.15, 0.2) is 5.96 Å². The molecule has 0 aromatic carbocycles. The molecule has 1 unspecified atom stereocenters. The molecule has 1 fully saturated rings. The van der Waals surface area contributed by atoms with Crippen molar-refractivity contribution in [1.82, 2.24) is 15.6 Å². The maximum atomic E-state index is 11.8. The van der Waals surface area contributed by atoms with Crippen LogP contribution in [0.25, 0.3) is 0 Å². The minimum atomic E-state index is -0.385. The van der Waals surface area contributed by atoms with Gasteiger partial charge in [0.1, 0.15) is 6.04 Å². The number of guanidine groups is 1. The van der Waals surface area contributed by atoms with E-state index in [1.165, 1.54) is 0 Å². The molecule has 0 bridgehead atoms. The zero-order chi connectivity index (χ0) is 13.1. The van der Waals surface area contributed by atoms with Gasteiger partial charge in [-0.25, -0.2) is 0 Å². The SMILES string of the molecule is Cc1ccc(C2NC(=NCC(C)C)NC2=O)cn1. The Morgan fingerprint density at radius 3 is 2.83 bits per heavy atom. The molecule has 1 aromatic rings. The number of hydrogen-bond acceptors (Lipinski definition) is 3. The van der Waals surface area contributed by atoms with E-state index < -0.39 is 0 Å². The second-order valence-electron chi connectivity index (χ2n) is 4.88. The van der Waals surface area contributed by atoms with Crippen LogP contribution in [-0.2, 0) is 4.79 Å². The molecule has 0 saturated carbocycles. The monoisotopic (exact) mass is 246 g/mol. The number of rotatable bonds is 3. The maximum Gasteiger partial charge on any atom is 0.253 e. The number of nitrogens with zero attached hydrogens (tertiary/aromatic N) is 2. The van der Waals surface area contributed by atoms with E-state index in [1.807, 2.05) is 19.1 Å². The fraction of sp³-hybridized carbons (Fsp3) is 0.462. The Bertz CT molecular complexity index is 464. The first-order chi connectivity index (χ1) is 8.56. The van der Waals surface area contributed by atoms with Gasteiger partial charge < -0.3 is 5.32 Å². The highest BCUT2D eigenvalue weighted by atomic mass is 16.2. The van der Waals surface area contributed by atoms with E-state index in [1.54, 1.807) is 6.20 Å². The van der Waals surface area contributed by atoms with E-state index in [9.17, 15) is 4.79 Å². The average molecular weight is 246 g/mol. The molecule has 1 aromatic heterocycles. The average Bonchev–Trinajstić information content (AvgIpc) is 2.69. The number of aliphatic imine (C=N–C) groups is 1. The molecule has 0 aliphatic carbocycles. The Morgan fingerprint density at radius 1 is 1.44 bits per heavy atom. The number of carbonyl (C=O) groups excluding carboxylic acids is 1. The van der Waals surface area contributed by atoms with Gasteiger partial charge >= 0.3 is 0 Å². The molecule has 5 nitrogen and oxygen atoms in total. The summed E-state index contributed by atoms with van der Waals surface area (Å²) in [6.45, 7) is 6.79. The molecule has 5 heteroatoms. The van der Waals surface area contributed by atoms with Gasteiger partial charge in [-0.05, 0) is 18.9 Å². The van der Waals surface area contributed by atoms with Crippen LogP contribution in [0.15, 0.2) is 23.3 Å². The van der Waals surface area contributed by atoms with Gasteiger partial charge in [-0.1, -0.05) is 19.9 Å². The first-order valence-electron chi connectivity index (χ1n) is 6.10. The van der Waals surface area contributed by atoms with Gasteiger partial charge in [-0.15, -0.1) is 0 Å². The van der Waals surface area contributed by atoms with Crippen LogP contribution in [0.3, 0.4) is 0 Å². The minimum Gasteiger partial charge on any atom is -0.340 e. The zero-order valence-electron chi connectivity index (χ0n) is 10.9. The molecule has 1 atom stereocenters. The standard InChI is InChI=1S/C13H18N4O/c1-8(2)6-15-13-16-11(12(18)17-13)10-5-4-9(3)14-7-10/h4-5,7-8,11H,6H2,1-3H3,(H2,15,16,17,18). The summed E-state index contributed by atoms with van der Waals surface area (Å²) in [6, 6.07) is 3.42. The van der Waals surface area contributed by atoms with Crippen LogP contribution in [0.4, 0.5) is 0 Å². The van der Waals surface area contributed by atoms with E-state index in [0.29, 0.717) is 18.4 Å². The Kier molecular flexibility index (Phi) is 3.60. The minimum absolute atomic E-state index is 0.0804. The second kappa shape index (κ2) is 5.16. The molecule has 1 amide bonds. The molecule has 1 aliphatic heterocycles. The first-order valence-corrected chi connectivity index (χ1v) is 6.10. The predicted octanol–water partition coefficient (Wildman–Crippen LogP) is 1.16. The molecule has 0 spiro atoms. The van der Waals surface area contributed by atoms with Gasteiger partial charge in [0.2, 0.25) is 0 Å². The number of pyridine rings is 1. The van der Waals surface area contributed by atoms with Gasteiger partial charge in [0.25, 0.3) is 5.91 Å². The van der Waals surface area contributed by atoms with Gasteiger partial charge in [-0.3, -0.25) is 20.1 Å². The fourth-order valence-electron chi connectivity index (χ4n) is 1.67. The van der Waals surface area contributed by atoms with E-state index in [0.717, 1.165) is 11.3 Å². The Balaban J connectivity index is 2.10. The fourth-order valence-corrected chi connectivity index (χ4v) is 1.67. The molecule has 2 rings (SSSR count). The number of carbonyl (C=O) groups is 1. The van der Waals surface area contributed by atoms with E-state index in [-0.39, 0.29) is 11.9 Å². The van der Waals surface area contributed by atoms with Crippen molar-refractivity contribution >= 4 is 11.9 Å². The number of aryl methyl sites for hydroxylation is 1. The number of amides is 1. The molecule has 96 valence electrons. The van der Waals surface area contributed by atoms with E-state index >= 15 is 0 Å². The van der Waals surface area contributed by atoms with Crippen LogP contribution in [-0.4, -0.2) is 23.4 Å². The first kappa shape index (κ1) is 12.5. The molecular weight excluding hydrogens is 228 g/mol. The Morgan fingerprint density at radius 2 is 2.22 bits per heavy atom. The van der Waals surface area contributed by atoms with Crippen LogP contribution in [0.5, 0.6) is 0 Å². The highest BCUT2D eigenvalue weighted by Crippen LogP contribution is 2.15. The van der Waals surface area contributed by atoms with Gasteiger partial charge in [0, 0.05) is 24.0 Å². The maximum absolute atomic E-state index is 11.8.